The molecular weight excluding hydrogens is 563 g/mol. The molecule has 0 N–H and O–H groups in total. The van der Waals surface area contributed by atoms with Crippen molar-refractivity contribution in [2.75, 3.05) is 6.54 Å². The summed E-state index contributed by atoms with van der Waals surface area (Å²) in [5.41, 5.74) is 4.54. The van der Waals surface area contributed by atoms with Gasteiger partial charge in [0.1, 0.15) is 5.84 Å². The molecule has 1 unspecified atom stereocenters. The molecule has 4 rings (SSSR count). The van der Waals surface area contributed by atoms with E-state index in [0.29, 0.717) is 6.54 Å². The average Bonchev–Trinajstić information content (AvgIpc) is 3.41. The summed E-state index contributed by atoms with van der Waals surface area (Å²) in [6.45, 7) is 25.8. The molecule has 0 saturated carbocycles. The molecule has 1 atom stereocenters. The normalized spacial score (nSPS) is 14.4. The van der Waals surface area contributed by atoms with Crippen LogP contribution in [0, 0.1) is 7.43 Å². The minimum Gasteiger partial charge on any atom is -0.358 e. The van der Waals surface area contributed by atoms with E-state index < -0.39 is 0 Å². The van der Waals surface area contributed by atoms with Crippen LogP contribution in [0.3, 0.4) is 0 Å². The first-order chi connectivity index (χ1) is 18.7. The largest absolute Gasteiger partial charge is 0.358 e. The molecule has 3 aromatic rings. The Labute approximate surface area is 274 Å². The molecule has 0 fully saturated rings. The fourth-order valence-electron chi connectivity index (χ4n) is 3.70. The molecule has 0 amide bonds. The van der Waals surface area contributed by atoms with Gasteiger partial charge in [-0.3, -0.25) is 10.0 Å². The van der Waals surface area contributed by atoms with Crippen molar-refractivity contribution in [2.45, 2.75) is 95.0 Å². The van der Waals surface area contributed by atoms with Crippen LogP contribution in [-0.2, 0) is 44.7 Å². The van der Waals surface area contributed by atoms with Gasteiger partial charge in [0.2, 0.25) is 0 Å². The molecule has 3 nitrogen and oxygen atoms in total. The molecule has 0 bridgehead atoms. The standard InChI is InChI=1S/C25H25N3.5C2H6.CH3.Y/c1-20(26-18-21-12-6-3-7-13-21)28-19-25(2,23-16-10-5-11-17-23)24(27-28)22-14-8-4-9-15-22;5*1-2;;/h3-17H,18-19H2,1-2H3;5*1-2H3;1H3;/q;;;;;;-1;. The van der Waals surface area contributed by atoms with Gasteiger partial charge in [-0.2, -0.15) is 5.10 Å². The number of hydrogen-bond acceptors (Lipinski definition) is 2. The average molecular weight is 622 g/mol. The van der Waals surface area contributed by atoms with Gasteiger partial charge in [0.25, 0.3) is 0 Å². The van der Waals surface area contributed by atoms with Gasteiger partial charge in [-0.25, -0.2) is 0 Å². The first kappa shape index (κ1) is 44.9. The van der Waals surface area contributed by atoms with Crippen LogP contribution in [0.25, 0.3) is 0 Å². The monoisotopic (exact) mass is 621 g/mol. The maximum atomic E-state index is 5.02. The Morgan fingerprint density at radius 2 is 1.10 bits per heavy atom. The van der Waals surface area contributed by atoms with Gasteiger partial charge in [-0.1, -0.05) is 160 Å². The third-order valence-electron chi connectivity index (χ3n) is 5.37. The van der Waals surface area contributed by atoms with Gasteiger partial charge < -0.3 is 7.43 Å². The smallest absolute Gasteiger partial charge is 0.117 e. The first-order valence-corrected chi connectivity index (χ1v) is 14.7. The van der Waals surface area contributed by atoms with Gasteiger partial charge in [0.05, 0.1) is 24.2 Å². The molecule has 0 saturated heterocycles. The van der Waals surface area contributed by atoms with Crippen LogP contribution >= 0.6 is 0 Å². The summed E-state index contributed by atoms with van der Waals surface area (Å²) in [6, 6.07) is 31.5. The Balaban J connectivity index is -0.000000489. The molecular formula is C36H58N3Y-. The molecule has 1 radical (unpaired) electrons. The molecule has 0 spiro atoms. The second kappa shape index (κ2) is 28.4. The molecule has 221 valence electrons. The minimum atomic E-state index is -0.188. The van der Waals surface area contributed by atoms with Crippen molar-refractivity contribution in [1.29, 1.82) is 0 Å². The Morgan fingerprint density at radius 1 is 0.700 bits per heavy atom. The summed E-state index contributed by atoms with van der Waals surface area (Å²) in [7, 11) is 0. The summed E-state index contributed by atoms with van der Waals surface area (Å²) in [6.07, 6.45) is 0. The van der Waals surface area contributed by atoms with E-state index in [1.807, 2.05) is 100 Å². The Bertz CT molecular complexity index is 986. The second-order valence-electron chi connectivity index (χ2n) is 7.42. The fraction of sp³-hybridized carbons (Fsp3) is 0.417. The molecule has 0 aromatic heterocycles. The molecule has 1 aliphatic heterocycles. The summed E-state index contributed by atoms with van der Waals surface area (Å²) in [5, 5.41) is 7.07. The van der Waals surface area contributed by atoms with Crippen LogP contribution in [0.5, 0.6) is 0 Å². The number of hydrazone groups is 1. The SMILES string of the molecule is CC.CC.CC.CC.CC.CC(=NCc1ccccc1)N1CC(C)(c2ccccc2)C(c2ccccc2)=N1.[CH3-].[Y]. The van der Waals surface area contributed by atoms with Gasteiger partial charge in [-0.15, -0.1) is 0 Å². The van der Waals surface area contributed by atoms with E-state index in [4.69, 9.17) is 10.1 Å². The van der Waals surface area contributed by atoms with E-state index >= 15 is 0 Å². The predicted molar refractivity (Wildman–Crippen MR) is 180 cm³/mol. The van der Waals surface area contributed by atoms with Crippen LogP contribution < -0.4 is 0 Å². The van der Waals surface area contributed by atoms with Crippen LogP contribution in [0.2, 0.25) is 0 Å². The van der Waals surface area contributed by atoms with Crippen LogP contribution in [0.15, 0.2) is 101 Å². The molecule has 3 aromatic carbocycles. The number of nitrogens with zero attached hydrogens (tertiary/aromatic N) is 3. The van der Waals surface area contributed by atoms with Crippen LogP contribution in [0.1, 0.15) is 99.8 Å². The van der Waals surface area contributed by atoms with Crippen molar-refractivity contribution in [1.82, 2.24) is 5.01 Å². The zero-order valence-corrected chi connectivity index (χ0v) is 30.8. The third kappa shape index (κ3) is 14.0. The number of rotatable bonds is 4. The van der Waals surface area contributed by atoms with Crippen molar-refractivity contribution in [3.63, 3.8) is 0 Å². The maximum absolute atomic E-state index is 5.02. The van der Waals surface area contributed by atoms with Crippen LogP contribution in [-0.4, -0.2) is 23.1 Å². The zero-order chi connectivity index (χ0) is 29.4. The van der Waals surface area contributed by atoms with Crippen molar-refractivity contribution in [2.24, 2.45) is 10.1 Å². The summed E-state index contributed by atoms with van der Waals surface area (Å²) < 4.78 is 0. The molecule has 4 heteroatoms. The predicted octanol–water partition coefficient (Wildman–Crippen LogP) is 10.9. The summed E-state index contributed by atoms with van der Waals surface area (Å²) >= 11 is 0. The molecule has 1 aliphatic rings. The van der Waals surface area contributed by atoms with E-state index in [9.17, 15) is 0 Å². The van der Waals surface area contributed by atoms with Crippen LogP contribution in [0.4, 0.5) is 0 Å². The van der Waals surface area contributed by atoms with Gasteiger partial charge in [0.15, 0.2) is 0 Å². The van der Waals surface area contributed by atoms with Crippen molar-refractivity contribution in [3.8, 4) is 0 Å². The second-order valence-corrected chi connectivity index (χ2v) is 7.42. The Hall–Kier alpha value is -2.10. The van der Waals surface area contributed by atoms with Gasteiger partial charge in [0, 0.05) is 32.7 Å². The summed E-state index contributed by atoms with van der Waals surface area (Å²) in [5.74, 6) is 0.942. The maximum Gasteiger partial charge on any atom is 0.117 e. The van der Waals surface area contributed by atoms with E-state index in [0.717, 1.165) is 23.7 Å². The van der Waals surface area contributed by atoms with E-state index in [1.54, 1.807) is 0 Å². The van der Waals surface area contributed by atoms with E-state index in [2.05, 4.69) is 78.7 Å². The zero-order valence-electron chi connectivity index (χ0n) is 28.0. The molecule has 0 aliphatic carbocycles. The third-order valence-corrected chi connectivity index (χ3v) is 5.37. The minimum absolute atomic E-state index is 0. The summed E-state index contributed by atoms with van der Waals surface area (Å²) in [4.78, 5) is 4.80. The Kier molecular flexibility index (Phi) is 31.9. The molecule has 1 heterocycles. The number of benzene rings is 3. The number of aliphatic imine (C=N–C) groups is 1. The van der Waals surface area contributed by atoms with Gasteiger partial charge in [-0.05, 0) is 30.5 Å². The van der Waals surface area contributed by atoms with E-state index in [-0.39, 0.29) is 45.6 Å². The Morgan fingerprint density at radius 3 is 1.55 bits per heavy atom. The van der Waals surface area contributed by atoms with Crippen molar-refractivity contribution >= 4 is 11.5 Å². The number of hydrogen-bond donors (Lipinski definition) is 0. The van der Waals surface area contributed by atoms with Crippen molar-refractivity contribution < 1.29 is 32.7 Å². The first-order valence-electron chi connectivity index (χ1n) is 14.7. The van der Waals surface area contributed by atoms with E-state index in [1.165, 1.54) is 11.1 Å². The van der Waals surface area contributed by atoms with Crippen molar-refractivity contribution in [3.05, 3.63) is 115 Å². The fourth-order valence-corrected chi connectivity index (χ4v) is 3.70. The number of amidine groups is 1. The quantitative estimate of drug-likeness (QED) is 0.162. The molecule has 40 heavy (non-hydrogen) atoms. The van der Waals surface area contributed by atoms with Gasteiger partial charge >= 0.3 is 0 Å². The topological polar surface area (TPSA) is 28.0 Å².